The van der Waals surface area contributed by atoms with Crippen molar-refractivity contribution in [3.8, 4) is 0 Å². The second-order valence-electron chi connectivity index (χ2n) is 3.08. The van der Waals surface area contributed by atoms with Crippen LogP contribution in [0, 0.1) is 6.92 Å². The summed E-state index contributed by atoms with van der Waals surface area (Å²) in [6, 6.07) is 6.68. The van der Waals surface area contributed by atoms with Crippen molar-refractivity contribution >= 4 is 30.8 Å². The summed E-state index contributed by atoms with van der Waals surface area (Å²) < 4.78 is 3.97. The van der Waals surface area contributed by atoms with E-state index in [1.807, 2.05) is 0 Å². The van der Waals surface area contributed by atoms with Gasteiger partial charge in [0, 0.05) is 0 Å². The highest BCUT2D eigenvalue weighted by Crippen LogP contribution is 2.26. The van der Waals surface area contributed by atoms with Gasteiger partial charge in [-0.2, -0.15) is 0 Å². The standard InChI is InChI=1S/C11H11I/c1-8-3-4-10-7-12-9(2)6-11(10)5-8/h3-7H,1-2H3. The second kappa shape index (κ2) is 3.13. The Morgan fingerprint density at radius 1 is 1.08 bits per heavy atom. The lowest BCUT2D eigenvalue weighted by molar-refractivity contribution is 1.45. The number of fused-ring (bicyclic) bond motifs is 1. The largest absolute Gasteiger partial charge is 0.0898 e. The Labute approximate surface area is 83.1 Å². The van der Waals surface area contributed by atoms with E-state index in [-0.39, 0.29) is 20.7 Å². The summed E-state index contributed by atoms with van der Waals surface area (Å²) in [4.78, 5) is 0. The molecule has 2 rings (SSSR count). The molecule has 0 nitrogen and oxygen atoms in total. The van der Waals surface area contributed by atoms with Gasteiger partial charge >= 0.3 is 0 Å². The van der Waals surface area contributed by atoms with Crippen LogP contribution in [-0.4, -0.2) is 4.01 Å². The van der Waals surface area contributed by atoms with Gasteiger partial charge < -0.3 is 0 Å². The maximum Gasteiger partial charge on any atom is -0.0127 e. The molecule has 0 unspecified atom stereocenters. The van der Waals surface area contributed by atoms with Crippen LogP contribution in [0.4, 0.5) is 0 Å². The average Bonchev–Trinajstić information content (AvgIpc) is 2.03. The van der Waals surface area contributed by atoms with Crippen molar-refractivity contribution < 1.29 is 0 Å². The topological polar surface area (TPSA) is 0 Å². The van der Waals surface area contributed by atoms with E-state index in [4.69, 9.17) is 0 Å². The fraction of sp³-hybridized carbons (Fsp3) is 0.182. The van der Waals surface area contributed by atoms with Crippen molar-refractivity contribution in [2.45, 2.75) is 13.8 Å². The van der Waals surface area contributed by atoms with Gasteiger partial charge in [-0.15, -0.1) is 0 Å². The molecule has 0 bridgehead atoms. The van der Waals surface area contributed by atoms with Gasteiger partial charge in [0.1, 0.15) is 0 Å². The molecule has 1 aliphatic rings. The monoisotopic (exact) mass is 270 g/mol. The van der Waals surface area contributed by atoms with Crippen molar-refractivity contribution in [3.05, 3.63) is 38.5 Å². The first-order chi connectivity index (χ1) is 5.75. The number of allylic oxidation sites excluding steroid dienone is 1. The van der Waals surface area contributed by atoms with Crippen LogP contribution >= 0.6 is 20.7 Å². The Morgan fingerprint density at radius 2 is 1.92 bits per heavy atom. The third kappa shape index (κ3) is 1.51. The zero-order valence-electron chi connectivity index (χ0n) is 7.26. The van der Waals surface area contributed by atoms with E-state index in [1.165, 1.54) is 16.7 Å². The van der Waals surface area contributed by atoms with E-state index in [1.54, 1.807) is 3.58 Å². The molecule has 0 N–H and O–H groups in total. The van der Waals surface area contributed by atoms with E-state index in [9.17, 15) is 0 Å². The van der Waals surface area contributed by atoms with E-state index < -0.39 is 0 Å². The molecule has 1 heteroatoms. The minimum absolute atomic E-state index is 0.189. The number of benzene rings is 1. The van der Waals surface area contributed by atoms with Crippen molar-refractivity contribution in [2.75, 3.05) is 0 Å². The Kier molecular flexibility index (Phi) is 2.13. The van der Waals surface area contributed by atoms with Crippen molar-refractivity contribution in [2.24, 2.45) is 0 Å². The molecule has 0 aliphatic carbocycles. The van der Waals surface area contributed by atoms with Gasteiger partial charge in [-0.3, -0.25) is 0 Å². The number of rotatable bonds is 0. The first kappa shape index (κ1) is 8.17. The van der Waals surface area contributed by atoms with Gasteiger partial charge in [-0.25, -0.2) is 0 Å². The molecule has 62 valence electrons. The number of aryl methyl sites for hydroxylation is 1. The Balaban J connectivity index is 2.61. The summed E-state index contributed by atoms with van der Waals surface area (Å²) in [6.45, 7) is 4.38. The number of hydrogen-bond acceptors (Lipinski definition) is 0. The summed E-state index contributed by atoms with van der Waals surface area (Å²) in [7, 11) is 0. The van der Waals surface area contributed by atoms with Gasteiger partial charge in [-0.1, -0.05) is 44.5 Å². The molecule has 1 aromatic carbocycles. The molecule has 0 spiro atoms. The molecule has 12 heavy (non-hydrogen) atoms. The molecule has 0 saturated heterocycles. The highest BCUT2D eigenvalue weighted by molar-refractivity contribution is 14.2. The summed E-state index contributed by atoms with van der Waals surface area (Å²) in [5, 5.41) is 0. The molecule has 0 radical (unpaired) electrons. The SMILES string of the molecule is CC1=Cc2cc(C)ccc2C=I1. The molecular weight excluding hydrogens is 259 g/mol. The third-order valence-corrected chi connectivity index (χ3v) is 4.22. The quantitative estimate of drug-likeness (QED) is 0.633. The van der Waals surface area contributed by atoms with Gasteiger partial charge in [0.15, 0.2) is 0 Å². The van der Waals surface area contributed by atoms with Crippen molar-refractivity contribution in [1.82, 2.24) is 0 Å². The van der Waals surface area contributed by atoms with Gasteiger partial charge in [0.2, 0.25) is 0 Å². The average molecular weight is 270 g/mol. The first-order valence-electron chi connectivity index (χ1n) is 4.01. The van der Waals surface area contributed by atoms with Gasteiger partial charge in [-0.05, 0) is 38.6 Å². The normalized spacial score (nSPS) is 14.7. The molecule has 0 atom stereocenters. The maximum absolute atomic E-state index is 2.41. The van der Waals surface area contributed by atoms with Crippen molar-refractivity contribution in [1.29, 1.82) is 0 Å². The predicted octanol–water partition coefficient (Wildman–Crippen LogP) is 3.49. The van der Waals surface area contributed by atoms with Crippen LogP contribution in [0.1, 0.15) is 23.6 Å². The van der Waals surface area contributed by atoms with Gasteiger partial charge in [0.05, 0.1) is 0 Å². The van der Waals surface area contributed by atoms with Crippen LogP contribution in [0.3, 0.4) is 0 Å². The highest BCUT2D eigenvalue weighted by Gasteiger charge is 2.01. The van der Waals surface area contributed by atoms with E-state index in [2.05, 4.69) is 42.1 Å². The molecule has 0 fully saturated rings. The molecule has 1 aromatic rings. The smallest absolute Gasteiger partial charge is 0.0127 e. The summed E-state index contributed by atoms with van der Waals surface area (Å²) in [5.41, 5.74) is 4.18. The molecule has 1 heterocycles. The Bertz CT molecular complexity index is 373. The van der Waals surface area contributed by atoms with Crippen LogP contribution in [-0.2, 0) is 0 Å². The minimum atomic E-state index is 0.189. The van der Waals surface area contributed by atoms with E-state index >= 15 is 0 Å². The van der Waals surface area contributed by atoms with Crippen LogP contribution in [0.5, 0.6) is 0 Å². The summed E-state index contributed by atoms with van der Waals surface area (Å²) in [5.74, 6) is 0. The number of halogens is 1. The van der Waals surface area contributed by atoms with Gasteiger partial charge in [0.25, 0.3) is 0 Å². The lowest BCUT2D eigenvalue weighted by Crippen LogP contribution is -1.89. The van der Waals surface area contributed by atoms with Crippen LogP contribution in [0.15, 0.2) is 21.8 Å². The Hall–Kier alpha value is -0.440. The van der Waals surface area contributed by atoms with E-state index in [0.717, 1.165) is 0 Å². The van der Waals surface area contributed by atoms with Crippen molar-refractivity contribution in [3.63, 3.8) is 0 Å². The zero-order chi connectivity index (χ0) is 8.55. The summed E-state index contributed by atoms with van der Waals surface area (Å²) in [6.07, 6.45) is 2.33. The second-order valence-corrected chi connectivity index (χ2v) is 6.03. The number of hydrogen-bond donors (Lipinski definition) is 0. The lowest BCUT2D eigenvalue weighted by atomic mass is 10.1. The van der Waals surface area contributed by atoms with E-state index in [0.29, 0.717) is 0 Å². The maximum atomic E-state index is 2.41. The molecule has 0 saturated carbocycles. The predicted molar refractivity (Wildman–Crippen MR) is 64.0 cm³/mol. The van der Waals surface area contributed by atoms with Crippen LogP contribution < -0.4 is 0 Å². The molecule has 0 aromatic heterocycles. The molecular formula is C11H11I. The summed E-state index contributed by atoms with van der Waals surface area (Å²) >= 11 is 0.189. The fourth-order valence-corrected chi connectivity index (χ4v) is 3.22. The van der Waals surface area contributed by atoms with Crippen LogP contribution in [0.2, 0.25) is 0 Å². The zero-order valence-corrected chi connectivity index (χ0v) is 9.42. The Morgan fingerprint density at radius 3 is 2.75 bits per heavy atom. The fourth-order valence-electron chi connectivity index (χ4n) is 1.31. The third-order valence-electron chi connectivity index (χ3n) is 1.94. The first-order valence-corrected chi connectivity index (χ1v) is 6.34. The van der Waals surface area contributed by atoms with Crippen LogP contribution in [0.25, 0.3) is 6.08 Å². The highest BCUT2D eigenvalue weighted by atomic mass is 127. The minimum Gasteiger partial charge on any atom is -0.0898 e. The lowest BCUT2D eigenvalue weighted by Gasteiger charge is -2.07. The molecule has 1 aliphatic heterocycles. The molecule has 0 amide bonds.